The van der Waals surface area contributed by atoms with Gasteiger partial charge < -0.3 is 9.47 Å². The number of benzene rings is 2. The van der Waals surface area contributed by atoms with Crippen LogP contribution in [0.25, 0.3) is 6.08 Å². The molecule has 0 bridgehead atoms. The Morgan fingerprint density at radius 1 is 1.17 bits per heavy atom. The van der Waals surface area contributed by atoms with Crippen LogP contribution in [-0.4, -0.2) is 31.6 Å². The Bertz CT molecular complexity index is 1050. The summed E-state index contributed by atoms with van der Waals surface area (Å²) in [7, 11) is 1.50. The molecule has 0 aliphatic carbocycles. The number of imide groups is 2. The van der Waals surface area contributed by atoms with Crippen LogP contribution in [0.5, 0.6) is 11.5 Å². The number of nitrogens with zero attached hydrogens (tertiary/aromatic N) is 1. The smallest absolute Gasteiger partial charge is 0.335 e. The highest BCUT2D eigenvalue weighted by molar-refractivity contribution is 9.10. The number of nitrogens with one attached hydrogen (secondary N) is 1. The van der Waals surface area contributed by atoms with Crippen molar-refractivity contribution < 1.29 is 23.9 Å². The van der Waals surface area contributed by atoms with Crippen LogP contribution in [0.3, 0.4) is 0 Å². The van der Waals surface area contributed by atoms with Crippen LogP contribution in [0.2, 0.25) is 5.02 Å². The standard InChI is InChI=1S/C21H18BrClN2O5/c1-3-7-30-18-11-16(22)12(9-17(18)29-2)8-15-19(26)24-21(28)25(20(15)27)14-6-4-5-13(23)10-14/h4-6,8-11H,3,7H2,1-2H3,(H,24,26,28)/b15-8+. The summed E-state index contributed by atoms with van der Waals surface area (Å²) in [5.74, 6) is -0.572. The molecule has 1 aliphatic rings. The van der Waals surface area contributed by atoms with E-state index in [0.717, 1.165) is 11.3 Å². The lowest BCUT2D eigenvalue weighted by molar-refractivity contribution is -0.122. The van der Waals surface area contributed by atoms with Gasteiger partial charge in [0.2, 0.25) is 0 Å². The Morgan fingerprint density at radius 3 is 2.60 bits per heavy atom. The minimum absolute atomic E-state index is 0.209. The van der Waals surface area contributed by atoms with Crippen LogP contribution < -0.4 is 19.7 Å². The van der Waals surface area contributed by atoms with Crippen LogP contribution in [0.4, 0.5) is 10.5 Å². The van der Waals surface area contributed by atoms with Crippen molar-refractivity contribution in [2.75, 3.05) is 18.6 Å². The van der Waals surface area contributed by atoms with Crippen LogP contribution >= 0.6 is 27.5 Å². The first kappa shape index (κ1) is 21.9. The van der Waals surface area contributed by atoms with Crippen LogP contribution in [0, 0.1) is 0 Å². The molecule has 4 amide bonds. The molecule has 7 nitrogen and oxygen atoms in total. The SMILES string of the molecule is CCCOc1cc(Br)c(/C=C2\C(=O)NC(=O)N(c3cccc(Cl)c3)C2=O)cc1OC. The molecule has 0 radical (unpaired) electrons. The highest BCUT2D eigenvalue weighted by Gasteiger charge is 2.37. The van der Waals surface area contributed by atoms with E-state index in [9.17, 15) is 14.4 Å². The van der Waals surface area contributed by atoms with Crippen molar-refractivity contribution in [2.45, 2.75) is 13.3 Å². The molecule has 1 heterocycles. The molecule has 9 heteroatoms. The minimum Gasteiger partial charge on any atom is -0.493 e. The van der Waals surface area contributed by atoms with Gasteiger partial charge in [0.15, 0.2) is 11.5 Å². The molecule has 0 spiro atoms. The van der Waals surface area contributed by atoms with Gasteiger partial charge in [0.1, 0.15) is 5.57 Å². The number of halogens is 2. The van der Waals surface area contributed by atoms with Crippen LogP contribution in [0.1, 0.15) is 18.9 Å². The first-order chi connectivity index (χ1) is 14.3. The molecule has 1 fully saturated rings. The van der Waals surface area contributed by atoms with E-state index in [-0.39, 0.29) is 11.3 Å². The maximum Gasteiger partial charge on any atom is 0.335 e. The largest absolute Gasteiger partial charge is 0.493 e. The number of methoxy groups -OCH3 is 1. The number of ether oxygens (including phenoxy) is 2. The summed E-state index contributed by atoms with van der Waals surface area (Å²) in [6.07, 6.45) is 2.21. The lowest BCUT2D eigenvalue weighted by atomic mass is 10.1. The predicted molar refractivity (Wildman–Crippen MR) is 117 cm³/mol. The molecule has 2 aromatic rings. The van der Waals surface area contributed by atoms with Crippen LogP contribution in [0.15, 0.2) is 46.4 Å². The summed E-state index contributed by atoms with van der Waals surface area (Å²) in [5.41, 5.74) is 0.553. The van der Waals surface area contributed by atoms with Gasteiger partial charge in [-0.1, -0.05) is 40.5 Å². The zero-order valence-corrected chi connectivity index (χ0v) is 18.5. The highest BCUT2D eigenvalue weighted by atomic mass is 79.9. The monoisotopic (exact) mass is 492 g/mol. The summed E-state index contributed by atoms with van der Waals surface area (Å²) in [5, 5.41) is 2.53. The number of hydrogen-bond donors (Lipinski definition) is 1. The van der Waals surface area contributed by atoms with E-state index >= 15 is 0 Å². The summed E-state index contributed by atoms with van der Waals surface area (Å²) >= 11 is 9.41. The van der Waals surface area contributed by atoms with E-state index in [4.69, 9.17) is 21.1 Å². The van der Waals surface area contributed by atoms with Gasteiger partial charge in [-0.25, -0.2) is 9.69 Å². The summed E-state index contributed by atoms with van der Waals surface area (Å²) in [6.45, 7) is 2.50. The number of hydrogen-bond acceptors (Lipinski definition) is 5. The van der Waals surface area contributed by atoms with Gasteiger partial charge >= 0.3 is 6.03 Å². The van der Waals surface area contributed by atoms with Gasteiger partial charge in [0, 0.05) is 9.50 Å². The molecule has 3 rings (SSSR count). The molecule has 0 unspecified atom stereocenters. The van der Waals surface area contributed by atoms with Gasteiger partial charge in [-0.3, -0.25) is 14.9 Å². The maximum absolute atomic E-state index is 13.0. The average molecular weight is 494 g/mol. The molecule has 1 N–H and O–H groups in total. The van der Waals surface area contributed by atoms with Gasteiger partial charge in [0.25, 0.3) is 11.8 Å². The Labute approximate surface area is 186 Å². The zero-order chi connectivity index (χ0) is 21.8. The summed E-state index contributed by atoms with van der Waals surface area (Å²) in [6, 6.07) is 8.74. The van der Waals surface area contributed by atoms with E-state index in [1.165, 1.54) is 19.3 Å². The van der Waals surface area contributed by atoms with Gasteiger partial charge in [-0.05, 0) is 48.4 Å². The number of carbonyl (C=O) groups is 3. The molecule has 0 aromatic heterocycles. The van der Waals surface area contributed by atoms with Crippen molar-refractivity contribution in [1.82, 2.24) is 5.32 Å². The predicted octanol–water partition coefficient (Wildman–Crippen LogP) is 4.57. The molecule has 2 aromatic carbocycles. The summed E-state index contributed by atoms with van der Waals surface area (Å²) in [4.78, 5) is 38.5. The second-order valence-corrected chi connectivity index (χ2v) is 7.60. The van der Waals surface area contributed by atoms with Crippen LogP contribution in [-0.2, 0) is 9.59 Å². The zero-order valence-electron chi connectivity index (χ0n) is 16.2. The third kappa shape index (κ3) is 4.49. The number of urea groups is 1. The third-order valence-electron chi connectivity index (χ3n) is 4.21. The minimum atomic E-state index is -0.843. The first-order valence-corrected chi connectivity index (χ1v) is 10.2. The topological polar surface area (TPSA) is 84.9 Å². The number of rotatable bonds is 6. The van der Waals surface area contributed by atoms with Crippen molar-refractivity contribution in [2.24, 2.45) is 0 Å². The van der Waals surface area contributed by atoms with Crippen molar-refractivity contribution in [3.8, 4) is 11.5 Å². The first-order valence-electron chi connectivity index (χ1n) is 9.03. The molecule has 0 atom stereocenters. The quantitative estimate of drug-likeness (QED) is 0.471. The second-order valence-electron chi connectivity index (χ2n) is 6.31. The molecule has 156 valence electrons. The molecule has 1 aliphatic heterocycles. The Balaban J connectivity index is 2.02. The van der Waals surface area contributed by atoms with Gasteiger partial charge in [-0.2, -0.15) is 0 Å². The summed E-state index contributed by atoms with van der Waals surface area (Å²) < 4.78 is 11.6. The molecular weight excluding hydrogens is 476 g/mol. The fraction of sp³-hybridized carbons (Fsp3) is 0.190. The van der Waals surface area contributed by atoms with Crippen molar-refractivity contribution in [3.05, 3.63) is 57.0 Å². The Morgan fingerprint density at radius 2 is 1.93 bits per heavy atom. The maximum atomic E-state index is 13.0. The van der Waals surface area contributed by atoms with E-state index < -0.39 is 17.8 Å². The van der Waals surface area contributed by atoms with E-state index in [2.05, 4.69) is 21.2 Å². The van der Waals surface area contributed by atoms with E-state index in [1.54, 1.807) is 30.3 Å². The highest BCUT2D eigenvalue weighted by Crippen LogP contribution is 2.35. The normalized spacial score (nSPS) is 15.4. The third-order valence-corrected chi connectivity index (χ3v) is 5.13. The number of carbonyl (C=O) groups excluding carboxylic acids is 3. The number of amides is 4. The number of barbiturate groups is 1. The lowest BCUT2D eigenvalue weighted by Gasteiger charge is -2.26. The van der Waals surface area contributed by atoms with Crippen molar-refractivity contribution in [3.63, 3.8) is 0 Å². The fourth-order valence-corrected chi connectivity index (χ4v) is 3.43. The molecular formula is C21H18BrClN2O5. The molecule has 0 saturated carbocycles. The fourth-order valence-electron chi connectivity index (χ4n) is 2.81. The van der Waals surface area contributed by atoms with Crippen molar-refractivity contribution in [1.29, 1.82) is 0 Å². The molecule has 30 heavy (non-hydrogen) atoms. The second kappa shape index (κ2) is 9.32. The Kier molecular flexibility index (Phi) is 6.79. The Hall–Kier alpha value is -2.84. The van der Waals surface area contributed by atoms with Crippen molar-refractivity contribution >= 4 is 57.1 Å². The van der Waals surface area contributed by atoms with Gasteiger partial charge in [0.05, 0.1) is 19.4 Å². The lowest BCUT2D eigenvalue weighted by Crippen LogP contribution is -2.54. The van der Waals surface area contributed by atoms with Gasteiger partial charge in [-0.15, -0.1) is 0 Å². The molecule has 1 saturated heterocycles. The van der Waals surface area contributed by atoms with E-state index in [1.807, 2.05) is 6.92 Å². The average Bonchev–Trinajstić information content (AvgIpc) is 2.70. The number of anilines is 1. The van der Waals surface area contributed by atoms with E-state index in [0.29, 0.717) is 33.2 Å².